The van der Waals surface area contributed by atoms with Crippen molar-refractivity contribution in [2.24, 2.45) is 11.8 Å². The Labute approximate surface area is 203 Å². The van der Waals surface area contributed by atoms with E-state index in [0.717, 1.165) is 12.8 Å². The van der Waals surface area contributed by atoms with Gasteiger partial charge >= 0.3 is 5.97 Å². The number of nitrogens with zero attached hydrogens (tertiary/aromatic N) is 2. The Morgan fingerprint density at radius 1 is 1.32 bits per heavy atom. The van der Waals surface area contributed by atoms with Gasteiger partial charge in [-0.25, -0.2) is 0 Å². The van der Waals surface area contributed by atoms with Gasteiger partial charge < -0.3 is 24.4 Å². The molecule has 3 fully saturated rings. The predicted molar refractivity (Wildman–Crippen MR) is 128 cm³/mol. The molecule has 1 N–H and O–H groups in total. The van der Waals surface area contributed by atoms with Gasteiger partial charge in [0.15, 0.2) is 0 Å². The van der Waals surface area contributed by atoms with E-state index < -0.39 is 35.0 Å². The zero-order valence-corrected chi connectivity index (χ0v) is 21.3. The highest BCUT2D eigenvalue weighted by Crippen LogP contribution is 2.64. The Morgan fingerprint density at radius 2 is 2.06 bits per heavy atom. The second kappa shape index (κ2) is 10.8. The third-order valence-electron chi connectivity index (χ3n) is 8.11. The van der Waals surface area contributed by atoms with Crippen LogP contribution in [0.4, 0.5) is 0 Å². The van der Waals surface area contributed by atoms with Gasteiger partial charge in [-0.05, 0) is 52.4 Å². The smallest absolute Gasteiger partial charge is 0.312 e. The number of fused-ring (bicyclic) bond motifs is 1. The standard InChI is InChI=1S/C26H42N2O6/c1-6-12-18(5)27(15-7-2)23(31)21-26-14-13-25(8-3,34-26)20(24(32)33-9-4)19(26)22(30)28(21)16-10-11-17-29/h7,18-21,29H,2,6,8-17H2,1,3-5H3/t18?,19-,20-,21?,25+,26?/m0/s1. The number of esters is 1. The van der Waals surface area contributed by atoms with Crippen LogP contribution in [0.25, 0.3) is 0 Å². The van der Waals surface area contributed by atoms with E-state index in [0.29, 0.717) is 45.2 Å². The van der Waals surface area contributed by atoms with Gasteiger partial charge in [0.25, 0.3) is 0 Å². The van der Waals surface area contributed by atoms with E-state index in [1.165, 1.54) is 0 Å². The normalized spacial score (nSPS) is 32.6. The largest absolute Gasteiger partial charge is 0.466 e. The maximum absolute atomic E-state index is 14.2. The van der Waals surface area contributed by atoms with Gasteiger partial charge in [0.1, 0.15) is 17.6 Å². The lowest BCUT2D eigenvalue weighted by Gasteiger charge is -2.39. The first-order valence-corrected chi connectivity index (χ1v) is 13.0. The van der Waals surface area contributed by atoms with Crippen molar-refractivity contribution < 1.29 is 29.0 Å². The average molecular weight is 479 g/mol. The highest BCUT2D eigenvalue weighted by atomic mass is 16.6. The molecule has 0 aromatic heterocycles. The Bertz CT molecular complexity index is 787. The number of carbonyl (C=O) groups excluding carboxylic acids is 3. The van der Waals surface area contributed by atoms with Crippen molar-refractivity contribution in [3.8, 4) is 0 Å². The maximum atomic E-state index is 14.2. The fraction of sp³-hybridized carbons (Fsp3) is 0.808. The molecule has 0 saturated carbocycles. The summed E-state index contributed by atoms with van der Waals surface area (Å²) in [5.41, 5.74) is -1.81. The molecule has 6 atom stereocenters. The van der Waals surface area contributed by atoms with Gasteiger partial charge in [0, 0.05) is 25.7 Å². The van der Waals surface area contributed by atoms with Gasteiger partial charge in [-0.15, -0.1) is 6.58 Å². The van der Waals surface area contributed by atoms with Crippen LogP contribution in [0, 0.1) is 11.8 Å². The zero-order chi connectivity index (χ0) is 25.1. The fourth-order valence-electron chi connectivity index (χ4n) is 6.58. The second-order valence-electron chi connectivity index (χ2n) is 9.96. The molecule has 3 aliphatic heterocycles. The van der Waals surface area contributed by atoms with E-state index in [1.807, 2.05) is 13.8 Å². The van der Waals surface area contributed by atoms with Gasteiger partial charge in [0.2, 0.25) is 11.8 Å². The number of amides is 2. The Morgan fingerprint density at radius 3 is 2.65 bits per heavy atom. The molecule has 192 valence electrons. The van der Waals surface area contributed by atoms with Crippen molar-refractivity contribution in [1.29, 1.82) is 0 Å². The molecule has 2 bridgehead atoms. The predicted octanol–water partition coefficient (Wildman–Crippen LogP) is 2.68. The Hall–Kier alpha value is -1.93. The first kappa shape index (κ1) is 26.7. The lowest BCUT2D eigenvalue weighted by Crippen LogP contribution is -2.58. The van der Waals surface area contributed by atoms with E-state index in [2.05, 4.69) is 13.5 Å². The molecule has 0 aromatic carbocycles. The number of rotatable bonds is 13. The fourth-order valence-corrected chi connectivity index (χ4v) is 6.58. The number of hydrogen-bond acceptors (Lipinski definition) is 6. The van der Waals surface area contributed by atoms with E-state index >= 15 is 0 Å². The molecule has 0 radical (unpaired) electrons. The number of unbranched alkanes of at least 4 members (excludes halogenated alkanes) is 1. The van der Waals surface area contributed by atoms with Crippen molar-refractivity contribution in [1.82, 2.24) is 9.80 Å². The van der Waals surface area contributed by atoms with Gasteiger partial charge in [0.05, 0.1) is 18.1 Å². The number of likely N-dealkylation sites (tertiary alicyclic amines) is 1. The van der Waals surface area contributed by atoms with Crippen LogP contribution < -0.4 is 0 Å². The van der Waals surface area contributed by atoms with Crippen molar-refractivity contribution >= 4 is 17.8 Å². The van der Waals surface area contributed by atoms with Crippen molar-refractivity contribution in [3.63, 3.8) is 0 Å². The summed E-state index contributed by atoms with van der Waals surface area (Å²) in [5, 5.41) is 9.30. The quantitative estimate of drug-likeness (QED) is 0.248. The van der Waals surface area contributed by atoms with E-state index in [9.17, 15) is 19.5 Å². The summed E-state index contributed by atoms with van der Waals surface area (Å²) in [5.74, 6) is -2.19. The molecule has 3 saturated heterocycles. The minimum atomic E-state index is -1.04. The SMILES string of the molecule is C=CCN(C(=O)C1N(CCCCO)C(=O)[C@@H]2[C@@H](C(=O)OCC)[C@@]3(CC)CCC12O3)C(C)CCC. The molecule has 0 aliphatic carbocycles. The monoisotopic (exact) mass is 478 g/mol. The molecular formula is C26H42N2O6. The molecular weight excluding hydrogens is 436 g/mol. The van der Waals surface area contributed by atoms with Crippen LogP contribution in [0.3, 0.4) is 0 Å². The molecule has 0 aromatic rings. The Balaban J connectivity index is 2.07. The van der Waals surface area contributed by atoms with Crippen LogP contribution in [-0.4, -0.2) is 82.3 Å². The van der Waals surface area contributed by atoms with Crippen LogP contribution >= 0.6 is 0 Å². The number of ether oxygens (including phenoxy) is 2. The first-order chi connectivity index (χ1) is 16.3. The molecule has 1 spiro atoms. The minimum Gasteiger partial charge on any atom is -0.466 e. The van der Waals surface area contributed by atoms with E-state index in [4.69, 9.17) is 9.47 Å². The van der Waals surface area contributed by atoms with Crippen LogP contribution in [0.5, 0.6) is 0 Å². The van der Waals surface area contributed by atoms with Crippen molar-refractivity contribution in [2.75, 3.05) is 26.3 Å². The first-order valence-electron chi connectivity index (χ1n) is 13.0. The minimum absolute atomic E-state index is 0.0139. The molecule has 3 rings (SSSR count). The van der Waals surface area contributed by atoms with E-state index in [-0.39, 0.29) is 31.1 Å². The maximum Gasteiger partial charge on any atom is 0.312 e. The lowest BCUT2D eigenvalue weighted by molar-refractivity contribution is -0.162. The van der Waals surface area contributed by atoms with Crippen molar-refractivity contribution in [3.05, 3.63) is 12.7 Å². The number of aliphatic hydroxyl groups is 1. The summed E-state index contributed by atoms with van der Waals surface area (Å²) < 4.78 is 12.1. The average Bonchev–Trinajstić information content (AvgIpc) is 3.41. The third kappa shape index (κ3) is 4.17. The van der Waals surface area contributed by atoms with Crippen LogP contribution in [0.2, 0.25) is 0 Å². The highest BCUT2D eigenvalue weighted by molar-refractivity contribution is 5.98. The molecule has 8 nitrogen and oxygen atoms in total. The highest BCUT2D eigenvalue weighted by Gasteiger charge is 2.79. The number of hydrogen-bond donors (Lipinski definition) is 1. The third-order valence-corrected chi connectivity index (χ3v) is 8.11. The Kier molecular flexibility index (Phi) is 8.45. The van der Waals surface area contributed by atoms with Crippen LogP contribution in [0.15, 0.2) is 12.7 Å². The number of carbonyl (C=O) groups is 3. The second-order valence-corrected chi connectivity index (χ2v) is 9.96. The summed E-state index contributed by atoms with van der Waals surface area (Å²) in [6, 6.07) is -0.810. The molecule has 3 unspecified atom stereocenters. The molecule has 3 aliphatic rings. The molecule has 2 amide bonds. The summed E-state index contributed by atoms with van der Waals surface area (Å²) in [4.78, 5) is 44.7. The topological polar surface area (TPSA) is 96.4 Å². The van der Waals surface area contributed by atoms with Crippen LogP contribution in [0.1, 0.15) is 72.6 Å². The van der Waals surface area contributed by atoms with Gasteiger partial charge in [-0.2, -0.15) is 0 Å². The van der Waals surface area contributed by atoms with Crippen LogP contribution in [-0.2, 0) is 23.9 Å². The summed E-state index contributed by atoms with van der Waals surface area (Å²) in [6.07, 6.45) is 6.35. The van der Waals surface area contributed by atoms with E-state index in [1.54, 1.807) is 22.8 Å². The zero-order valence-electron chi connectivity index (χ0n) is 21.3. The number of aliphatic hydroxyl groups excluding tert-OH is 1. The van der Waals surface area contributed by atoms with Gasteiger partial charge in [-0.3, -0.25) is 14.4 Å². The lowest BCUT2D eigenvalue weighted by atomic mass is 9.65. The summed E-state index contributed by atoms with van der Waals surface area (Å²) >= 11 is 0. The van der Waals surface area contributed by atoms with Crippen molar-refractivity contribution in [2.45, 2.75) is 95.9 Å². The molecule has 8 heteroatoms. The molecule has 3 heterocycles. The summed E-state index contributed by atoms with van der Waals surface area (Å²) in [7, 11) is 0. The van der Waals surface area contributed by atoms with Gasteiger partial charge in [-0.1, -0.05) is 26.3 Å². The summed E-state index contributed by atoms with van der Waals surface area (Å²) in [6.45, 7) is 12.7. The molecule has 34 heavy (non-hydrogen) atoms.